The number of ether oxygens (including phenoxy) is 1. The molecule has 0 radical (unpaired) electrons. The predicted octanol–water partition coefficient (Wildman–Crippen LogP) is 1.02. The molecule has 2 heterocycles. The molecule has 6 heteroatoms. The second kappa shape index (κ2) is 10.4. The number of hydrogen-bond acceptors (Lipinski definition) is 4. The lowest BCUT2D eigenvalue weighted by Crippen LogP contribution is -2.42. The Kier molecular flexibility index (Phi) is 9.24. The van der Waals surface area contributed by atoms with Crippen LogP contribution in [-0.2, 0) is 9.53 Å². The van der Waals surface area contributed by atoms with Crippen LogP contribution in [0.3, 0.4) is 0 Å². The number of amides is 1. The van der Waals surface area contributed by atoms with E-state index in [9.17, 15) is 4.79 Å². The molecule has 0 saturated carbocycles. The summed E-state index contributed by atoms with van der Waals surface area (Å²) in [6, 6.07) is 0.473. The molecule has 0 spiro atoms. The third kappa shape index (κ3) is 6.96. The van der Waals surface area contributed by atoms with Crippen molar-refractivity contribution in [3.63, 3.8) is 0 Å². The van der Waals surface area contributed by atoms with Gasteiger partial charge in [-0.25, -0.2) is 0 Å². The van der Waals surface area contributed by atoms with Crippen molar-refractivity contribution in [1.29, 1.82) is 0 Å². The molecular weight excluding hydrogens is 290 g/mol. The molecule has 0 aromatic rings. The van der Waals surface area contributed by atoms with Gasteiger partial charge < -0.3 is 15.4 Å². The summed E-state index contributed by atoms with van der Waals surface area (Å²) < 4.78 is 5.33. The molecule has 1 amide bonds. The van der Waals surface area contributed by atoms with Crippen LogP contribution in [0.4, 0.5) is 0 Å². The van der Waals surface area contributed by atoms with E-state index in [4.69, 9.17) is 4.74 Å². The Bertz CT molecular complexity index is 299. The zero-order valence-electron chi connectivity index (χ0n) is 13.1. The van der Waals surface area contributed by atoms with Crippen molar-refractivity contribution in [3.8, 4) is 0 Å². The van der Waals surface area contributed by atoms with Gasteiger partial charge in [0.05, 0.1) is 13.2 Å². The van der Waals surface area contributed by atoms with E-state index in [1.807, 2.05) is 0 Å². The lowest BCUT2D eigenvalue weighted by Gasteiger charge is -2.27. The molecule has 0 aromatic carbocycles. The molecule has 5 nitrogen and oxygen atoms in total. The van der Waals surface area contributed by atoms with E-state index in [0.29, 0.717) is 6.04 Å². The summed E-state index contributed by atoms with van der Waals surface area (Å²) in [6.45, 7) is 8.91. The third-order valence-electron chi connectivity index (χ3n) is 4.30. The number of rotatable bonds is 6. The van der Waals surface area contributed by atoms with Crippen LogP contribution < -0.4 is 10.6 Å². The van der Waals surface area contributed by atoms with Crippen LogP contribution in [0.1, 0.15) is 32.6 Å². The van der Waals surface area contributed by atoms with Gasteiger partial charge in [-0.3, -0.25) is 9.69 Å². The highest BCUT2D eigenvalue weighted by Crippen LogP contribution is 2.15. The fourth-order valence-corrected chi connectivity index (χ4v) is 3.01. The summed E-state index contributed by atoms with van der Waals surface area (Å²) in [5.41, 5.74) is 0. The Morgan fingerprint density at radius 2 is 2.10 bits per heavy atom. The summed E-state index contributed by atoms with van der Waals surface area (Å²) >= 11 is 0. The van der Waals surface area contributed by atoms with Gasteiger partial charge in [0.25, 0.3) is 0 Å². The number of carbonyl (C=O) groups is 1. The number of nitrogens with zero attached hydrogens (tertiary/aromatic N) is 1. The molecule has 2 aliphatic rings. The minimum atomic E-state index is 0. The minimum absolute atomic E-state index is 0. The van der Waals surface area contributed by atoms with E-state index in [-0.39, 0.29) is 24.2 Å². The highest BCUT2D eigenvalue weighted by molar-refractivity contribution is 5.85. The van der Waals surface area contributed by atoms with Gasteiger partial charge in [-0.15, -0.1) is 12.4 Å². The van der Waals surface area contributed by atoms with Gasteiger partial charge in [0.1, 0.15) is 0 Å². The second-order valence-electron chi connectivity index (χ2n) is 6.03. The summed E-state index contributed by atoms with van der Waals surface area (Å²) in [5, 5.41) is 6.48. The predicted molar refractivity (Wildman–Crippen MR) is 86.9 cm³/mol. The molecule has 0 aromatic heterocycles. The quantitative estimate of drug-likeness (QED) is 0.718. The third-order valence-corrected chi connectivity index (χ3v) is 4.30. The number of halogens is 1. The van der Waals surface area contributed by atoms with E-state index < -0.39 is 0 Å². The van der Waals surface area contributed by atoms with Gasteiger partial charge in [0, 0.05) is 31.6 Å². The summed E-state index contributed by atoms with van der Waals surface area (Å²) in [6.07, 6.45) is 4.18. The molecule has 2 N–H and O–H groups in total. The van der Waals surface area contributed by atoms with Crippen LogP contribution in [0.25, 0.3) is 0 Å². The monoisotopic (exact) mass is 319 g/mol. The van der Waals surface area contributed by atoms with Crippen molar-refractivity contribution in [3.05, 3.63) is 0 Å². The molecule has 21 heavy (non-hydrogen) atoms. The summed E-state index contributed by atoms with van der Waals surface area (Å²) in [4.78, 5) is 14.5. The molecule has 2 fully saturated rings. The van der Waals surface area contributed by atoms with Crippen molar-refractivity contribution in [2.75, 3.05) is 45.9 Å². The smallest absolute Gasteiger partial charge is 0.223 e. The first kappa shape index (κ1) is 18.7. The fourth-order valence-electron chi connectivity index (χ4n) is 3.01. The SMILES string of the molecule is C[C@H]1C[C@@H](C(=O)NCCCCN2CCOCC2)CCN1.Cl. The van der Waals surface area contributed by atoms with Crippen molar-refractivity contribution in [2.45, 2.75) is 38.6 Å². The standard InChI is InChI=1S/C15H29N3O2.ClH/c1-13-12-14(4-6-16-13)15(19)17-5-2-3-7-18-8-10-20-11-9-18;/h13-14,16H,2-12H2,1H3,(H,17,19);1H/t13-,14-;/m0./s1. The largest absolute Gasteiger partial charge is 0.379 e. The first-order valence-corrected chi connectivity index (χ1v) is 8.07. The summed E-state index contributed by atoms with van der Waals surface area (Å²) in [5.74, 6) is 0.468. The molecule has 2 saturated heterocycles. The molecular formula is C15H30ClN3O2. The maximum Gasteiger partial charge on any atom is 0.223 e. The van der Waals surface area contributed by atoms with Gasteiger partial charge in [0.2, 0.25) is 5.91 Å². The summed E-state index contributed by atoms with van der Waals surface area (Å²) in [7, 11) is 0. The van der Waals surface area contributed by atoms with Gasteiger partial charge in [-0.1, -0.05) is 0 Å². The number of piperidine rings is 1. The zero-order valence-corrected chi connectivity index (χ0v) is 13.9. The van der Waals surface area contributed by atoms with Crippen LogP contribution >= 0.6 is 12.4 Å². The molecule has 0 aliphatic carbocycles. The maximum atomic E-state index is 12.0. The number of unbranched alkanes of at least 4 members (excludes halogenated alkanes) is 1. The van der Waals surface area contributed by atoms with E-state index in [1.165, 1.54) is 0 Å². The first-order chi connectivity index (χ1) is 9.75. The van der Waals surface area contributed by atoms with Crippen molar-refractivity contribution in [2.24, 2.45) is 5.92 Å². The molecule has 2 aliphatic heterocycles. The Morgan fingerprint density at radius 3 is 2.81 bits per heavy atom. The fraction of sp³-hybridized carbons (Fsp3) is 0.933. The van der Waals surface area contributed by atoms with Crippen LogP contribution in [-0.4, -0.2) is 62.8 Å². The van der Waals surface area contributed by atoms with E-state index in [0.717, 1.165) is 71.6 Å². The van der Waals surface area contributed by atoms with Crippen molar-refractivity contribution in [1.82, 2.24) is 15.5 Å². The van der Waals surface area contributed by atoms with E-state index in [1.54, 1.807) is 0 Å². The maximum absolute atomic E-state index is 12.0. The average Bonchev–Trinajstić information content (AvgIpc) is 2.48. The topological polar surface area (TPSA) is 53.6 Å². The lowest BCUT2D eigenvalue weighted by molar-refractivity contribution is -0.126. The molecule has 2 rings (SSSR count). The Labute approximate surface area is 134 Å². The van der Waals surface area contributed by atoms with Crippen molar-refractivity contribution >= 4 is 18.3 Å². The van der Waals surface area contributed by atoms with E-state index in [2.05, 4.69) is 22.5 Å². The van der Waals surface area contributed by atoms with Gasteiger partial charge in [0.15, 0.2) is 0 Å². The van der Waals surface area contributed by atoms with Crippen LogP contribution in [0.15, 0.2) is 0 Å². The average molecular weight is 320 g/mol. The Hall–Kier alpha value is -0.360. The molecule has 2 atom stereocenters. The highest BCUT2D eigenvalue weighted by atomic mass is 35.5. The van der Waals surface area contributed by atoms with Gasteiger partial charge >= 0.3 is 0 Å². The van der Waals surface area contributed by atoms with Crippen molar-refractivity contribution < 1.29 is 9.53 Å². The minimum Gasteiger partial charge on any atom is -0.379 e. The van der Waals surface area contributed by atoms with Crippen LogP contribution in [0.2, 0.25) is 0 Å². The number of carbonyl (C=O) groups excluding carboxylic acids is 1. The zero-order chi connectivity index (χ0) is 14.2. The molecule has 0 bridgehead atoms. The van der Waals surface area contributed by atoms with Gasteiger partial charge in [-0.2, -0.15) is 0 Å². The number of morpholine rings is 1. The number of nitrogens with one attached hydrogen (secondary N) is 2. The molecule has 0 unspecified atom stereocenters. The normalized spacial score (nSPS) is 26.9. The Balaban J connectivity index is 0.00000220. The molecule has 124 valence electrons. The second-order valence-corrected chi connectivity index (χ2v) is 6.03. The van der Waals surface area contributed by atoms with Crippen LogP contribution in [0.5, 0.6) is 0 Å². The first-order valence-electron chi connectivity index (χ1n) is 8.07. The Morgan fingerprint density at radius 1 is 1.33 bits per heavy atom. The highest BCUT2D eigenvalue weighted by Gasteiger charge is 2.24. The van der Waals surface area contributed by atoms with Crippen LogP contribution in [0, 0.1) is 5.92 Å². The lowest BCUT2D eigenvalue weighted by atomic mass is 9.92. The van der Waals surface area contributed by atoms with Gasteiger partial charge in [-0.05, 0) is 45.7 Å². The van der Waals surface area contributed by atoms with E-state index >= 15 is 0 Å². The number of hydrogen-bond donors (Lipinski definition) is 2.